The number of benzene rings is 1. The molecule has 2 aromatic rings. The summed E-state index contributed by atoms with van der Waals surface area (Å²) in [5.74, 6) is 5.21. The second kappa shape index (κ2) is 4.34. The van der Waals surface area contributed by atoms with Crippen LogP contribution in [0.4, 0.5) is 0 Å². The zero-order valence-corrected chi connectivity index (χ0v) is 9.45. The lowest BCUT2D eigenvalue weighted by atomic mass is 10.2. The summed E-state index contributed by atoms with van der Waals surface area (Å²) in [5.41, 5.74) is 0.670. The van der Waals surface area contributed by atoms with Gasteiger partial charge in [0.2, 0.25) is 0 Å². The van der Waals surface area contributed by atoms with Crippen LogP contribution < -0.4 is 5.84 Å². The molecule has 8 heteroatoms. The quantitative estimate of drug-likeness (QED) is 0.601. The molecule has 0 unspecified atom stereocenters. The van der Waals surface area contributed by atoms with Crippen LogP contribution in [0.25, 0.3) is 0 Å². The van der Waals surface area contributed by atoms with E-state index >= 15 is 0 Å². The molecule has 7 nitrogen and oxygen atoms in total. The van der Waals surface area contributed by atoms with Crippen molar-refractivity contribution in [2.24, 2.45) is 4.40 Å². The van der Waals surface area contributed by atoms with Gasteiger partial charge in [0.05, 0.1) is 0 Å². The molecule has 0 saturated carbocycles. The Morgan fingerprint density at radius 2 is 2.00 bits per heavy atom. The Morgan fingerprint density at radius 1 is 1.29 bits per heavy atom. The van der Waals surface area contributed by atoms with Crippen LogP contribution in [0.3, 0.4) is 0 Å². The normalized spacial score (nSPS) is 12.0. The van der Waals surface area contributed by atoms with E-state index < -0.39 is 15.2 Å². The molecule has 0 aliphatic rings. The number of nitrogens with two attached hydrogens (primary N) is 1. The Hall–Kier alpha value is -2.22. The number of aromatic nitrogens is 3. The summed E-state index contributed by atoms with van der Waals surface area (Å²) in [7, 11) is -3.89. The Morgan fingerprint density at radius 3 is 2.59 bits per heavy atom. The predicted molar refractivity (Wildman–Crippen MR) is 61.4 cm³/mol. The third-order valence-electron chi connectivity index (χ3n) is 1.86. The molecule has 1 heterocycles. The molecule has 0 aliphatic carbocycles. The van der Waals surface area contributed by atoms with Gasteiger partial charge in [0.25, 0.3) is 5.16 Å². The number of nitrogen functional groups attached to an aromatic ring is 1. The fourth-order valence-corrected chi connectivity index (χ4v) is 1.83. The fourth-order valence-electron chi connectivity index (χ4n) is 1.09. The second-order valence-electron chi connectivity index (χ2n) is 3.13. The minimum absolute atomic E-state index is 0.424. The van der Waals surface area contributed by atoms with Crippen molar-refractivity contribution in [2.75, 3.05) is 5.84 Å². The first-order valence-corrected chi connectivity index (χ1v) is 6.04. The van der Waals surface area contributed by atoms with Gasteiger partial charge in [0.15, 0.2) is 0 Å². The number of hydrogen-bond acceptors (Lipinski definition) is 5. The van der Waals surface area contributed by atoms with Crippen molar-refractivity contribution in [2.45, 2.75) is 5.16 Å². The summed E-state index contributed by atoms with van der Waals surface area (Å²) in [5, 5.41) is 3.05. The SMILES string of the molecule is Nn1cnc(S(=O)(=O)N=Cc2ccccc2)n1. The van der Waals surface area contributed by atoms with Crippen LogP contribution >= 0.6 is 0 Å². The molecule has 0 saturated heterocycles. The zero-order valence-electron chi connectivity index (χ0n) is 8.63. The molecule has 2 rings (SSSR count). The molecule has 0 atom stereocenters. The van der Waals surface area contributed by atoms with Gasteiger partial charge in [-0.15, -0.1) is 5.10 Å². The Labute approximate surface area is 97.6 Å². The van der Waals surface area contributed by atoms with Crippen LogP contribution in [0, 0.1) is 0 Å². The van der Waals surface area contributed by atoms with E-state index in [2.05, 4.69) is 14.5 Å². The molecular weight excluding hydrogens is 242 g/mol. The highest BCUT2D eigenvalue weighted by Gasteiger charge is 2.17. The minimum Gasteiger partial charge on any atom is -0.322 e. The lowest BCUT2D eigenvalue weighted by molar-refractivity contribution is 0.587. The van der Waals surface area contributed by atoms with Crippen molar-refractivity contribution >= 4 is 16.2 Å². The summed E-state index contributed by atoms with van der Waals surface area (Å²) >= 11 is 0. The highest BCUT2D eigenvalue weighted by molar-refractivity contribution is 7.90. The molecule has 1 aromatic heterocycles. The summed E-state index contributed by atoms with van der Waals surface area (Å²) in [6, 6.07) is 8.84. The summed E-state index contributed by atoms with van der Waals surface area (Å²) in [4.78, 5) is 4.34. The first kappa shape index (κ1) is 11.3. The molecule has 0 aliphatic heterocycles. The van der Waals surface area contributed by atoms with Gasteiger partial charge in [-0.1, -0.05) is 30.3 Å². The molecule has 0 spiro atoms. The highest BCUT2D eigenvalue weighted by atomic mass is 32.2. The van der Waals surface area contributed by atoms with Crippen molar-refractivity contribution in [3.8, 4) is 0 Å². The van der Waals surface area contributed by atoms with Gasteiger partial charge in [-0.3, -0.25) is 0 Å². The van der Waals surface area contributed by atoms with E-state index in [1.54, 1.807) is 24.3 Å². The fraction of sp³-hybridized carbons (Fsp3) is 0. The van der Waals surface area contributed by atoms with Gasteiger partial charge in [0, 0.05) is 6.21 Å². The largest absolute Gasteiger partial charge is 0.322 e. The van der Waals surface area contributed by atoms with E-state index in [1.165, 1.54) is 6.21 Å². The second-order valence-corrected chi connectivity index (χ2v) is 4.65. The maximum absolute atomic E-state index is 11.6. The molecule has 1 aromatic carbocycles. The average molecular weight is 251 g/mol. The first-order valence-electron chi connectivity index (χ1n) is 4.60. The molecule has 0 fully saturated rings. The van der Waals surface area contributed by atoms with E-state index in [9.17, 15) is 8.42 Å². The van der Waals surface area contributed by atoms with E-state index in [4.69, 9.17) is 5.84 Å². The lowest BCUT2D eigenvalue weighted by Crippen LogP contribution is -2.09. The average Bonchev–Trinajstić information content (AvgIpc) is 2.76. The Kier molecular flexibility index (Phi) is 2.88. The van der Waals surface area contributed by atoms with Crippen molar-refractivity contribution < 1.29 is 8.42 Å². The maximum atomic E-state index is 11.6. The smallest absolute Gasteiger partial charge is 0.319 e. The topological polar surface area (TPSA) is 103 Å². The maximum Gasteiger partial charge on any atom is 0.319 e. The Balaban J connectivity index is 2.27. The number of hydrogen-bond donors (Lipinski definition) is 1. The number of nitrogens with zero attached hydrogens (tertiary/aromatic N) is 4. The van der Waals surface area contributed by atoms with Crippen molar-refractivity contribution in [1.82, 2.24) is 14.9 Å². The summed E-state index contributed by atoms with van der Waals surface area (Å²) < 4.78 is 26.7. The Bertz CT molecular complexity index is 632. The minimum atomic E-state index is -3.89. The van der Waals surface area contributed by atoms with Crippen LogP contribution in [-0.4, -0.2) is 29.5 Å². The molecule has 17 heavy (non-hydrogen) atoms. The van der Waals surface area contributed by atoms with Gasteiger partial charge in [-0.25, -0.2) is 4.98 Å². The molecule has 0 bridgehead atoms. The van der Waals surface area contributed by atoms with Crippen molar-refractivity contribution in [3.05, 3.63) is 42.2 Å². The van der Waals surface area contributed by atoms with Gasteiger partial charge < -0.3 is 5.84 Å². The zero-order chi connectivity index (χ0) is 12.3. The van der Waals surface area contributed by atoms with Gasteiger partial charge in [-0.2, -0.15) is 17.6 Å². The predicted octanol–water partition coefficient (Wildman–Crippen LogP) is -0.200. The third-order valence-corrected chi connectivity index (χ3v) is 2.89. The third kappa shape index (κ3) is 2.67. The first-order chi connectivity index (χ1) is 8.08. The standard InChI is InChI=1S/C9H9N5O2S/c10-14-7-11-9(13-14)17(15,16)12-6-8-4-2-1-3-5-8/h1-7H,10H2. The number of sulfonamides is 1. The van der Waals surface area contributed by atoms with Gasteiger partial charge in [-0.05, 0) is 5.56 Å². The van der Waals surface area contributed by atoms with Gasteiger partial charge >= 0.3 is 10.0 Å². The monoisotopic (exact) mass is 251 g/mol. The van der Waals surface area contributed by atoms with E-state index in [1.807, 2.05) is 6.07 Å². The molecule has 0 amide bonds. The van der Waals surface area contributed by atoms with Crippen LogP contribution in [0.15, 0.2) is 46.2 Å². The van der Waals surface area contributed by atoms with E-state index in [-0.39, 0.29) is 0 Å². The van der Waals surface area contributed by atoms with Crippen LogP contribution in [-0.2, 0) is 10.0 Å². The molecule has 2 N–H and O–H groups in total. The number of rotatable bonds is 3. The van der Waals surface area contributed by atoms with E-state index in [0.717, 1.165) is 11.1 Å². The summed E-state index contributed by atoms with van der Waals surface area (Å²) in [6.45, 7) is 0. The molecule has 0 radical (unpaired) electrons. The van der Waals surface area contributed by atoms with Crippen LogP contribution in [0.1, 0.15) is 5.56 Å². The van der Waals surface area contributed by atoms with Crippen LogP contribution in [0.5, 0.6) is 0 Å². The van der Waals surface area contributed by atoms with Crippen LogP contribution in [0.2, 0.25) is 0 Å². The molecular formula is C9H9N5O2S. The molecule has 88 valence electrons. The van der Waals surface area contributed by atoms with Gasteiger partial charge in [0.1, 0.15) is 6.33 Å². The van der Waals surface area contributed by atoms with Crippen molar-refractivity contribution in [1.29, 1.82) is 0 Å². The highest BCUT2D eigenvalue weighted by Crippen LogP contribution is 2.04. The van der Waals surface area contributed by atoms with E-state index in [0.29, 0.717) is 5.56 Å². The van der Waals surface area contributed by atoms with Crippen molar-refractivity contribution in [3.63, 3.8) is 0 Å². The lowest BCUT2D eigenvalue weighted by Gasteiger charge is -1.92. The summed E-state index contributed by atoms with van der Waals surface area (Å²) in [6.07, 6.45) is 2.32.